The summed E-state index contributed by atoms with van der Waals surface area (Å²) >= 11 is 0. The second kappa shape index (κ2) is 6.18. The number of H-pyrrole nitrogens is 1. The van der Waals surface area contributed by atoms with Crippen molar-refractivity contribution >= 4 is 5.91 Å². The summed E-state index contributed by atoms with van der Waals surface area (Å²) in [5.74, 6) is 0.340. The zero-order chi connectivity index (χ0) is 14.7. The van der Waals surface area contributed by atoms with E-state index in [0.29, 0.717) is 17.7 Å². The van der Waals surface area contributed by atoms with E-state index in [1.54, 1.807) is 0 Å². The van der Waals surface area contributed by atoms with Gasteiger partial charge >= 0.3 is 0 Å². The lowest BCUT2D eigenvalue weighted by atomic mass is 9.79. The summed E-state index contributed by atoms with van der Waals surface area (Å²) in [7, 11) is 2.19. The molecule has 0 aromatic carbocycles. The first-order valence-electron chi connectivity index (χ1n) is 8.11. The maximum absolute atomic E-state index is 12.4. The molecule has 1 aromatic heterocycles. The summed E-state index contributed by atoms with van der Waals surface area (Å²) in [4.78, 5) is 17.0. The van der Waals surface area contributed by atoms with Crippen LogP contribution in [0.1, 0.15) is 37.7 Å². The Morgan fingerprint density at radius 2 is 2.29 bits per heavy atom. The topological polar surface area (TPSA) is 52.2 Å². The van der Waals surface area contributed by atoms with Crippen molar-refractivity contribution < 1.29 is 4.79 Å². The number of piperidine rings is 1. The van der Waals surface area contributed by atoms with Crippen LogP contribution in [0, 0.1) is 5.41 Å². The van der Waals surface area contributed by atoms with Gasteiger partial charge in [0.1, 0.15) is 0 Å². The van der Waals surface area contributed by atoms with Crippen molar-refractivity contribution in [1.29, 1.82) is 0 Å². The van der Waals surface area contributed by atoms with Crippen molar-refractivity contribution in [1.82, 2.24) is 20.0 Å². The van der Waals surface area contributed by atoms with Crippen LogP contribution in [0.3, 0.4) is 0 Å². The molecule has 2 saturated heterocycles. The van der Waals surface area contributed by atoms with E-state index in [1.807, 2.05) is 12.4 Å². The molecule has 0 radical (unpaired) electrons. The molecule has 3 rings (SSSR count). The van der Waals surface area contributed by atoms with Gasteiger partial charge in [-0.25, -0.2) is 0 Å². The first-order chi connectivity index (χ1) is 10.2. The number of nitrogens with zero attached hydrogens (tertiary/aromatic N) is 3. The molecule has 1 amide bonds. The standard InChI is InChI=1S/C16H26N4O/c1-19-9-7-16(12-19)6-3-8-20(13-16)15(21)5-2-4-14-10-17-18-11-14/h10-11H,2-9,12-13H2,1H3,(H,17,18)/t16-/m1/s1. The van der Waals surface area contributed by atoms with Crippen LogP contribution in [0.25, 0.3) is 0 Å². The fraction of sp³-hybridized carbons (Fsp3) is 0.750. The van der Waals surface area contributed by atoms with Crippen molar-refractivity contribution in [3.63, 3.8) is 0 Å². The maximum atomic E-state index is 12.4. The minimum absolute atomic E-state index is 0.340. The summed E-state index contributed by atoms with van der Waals surface area (Å²) in [6.07, 6.45) is 9.98. The van der Waals surface area contributed by atoms with Crippen molar-refractivity contribution in [3.8, 4) is 0 Å². The molecule has 0 saturated carbocycles. The Morgan fingerprint density at radius 3 is 3.00 bits per heavy atom. The Hall–Kier alpha value is -1.36. The smallest absolute Gasteiger partial charge is 0.222 e. The highest BCUT2D eigenvalue weighted by Crippen LogP contribution is 2.38. The van der Waals surface area contributed by atoms with Gasteiger partial charge in [0.25, 0.3) is 0 Å². The predicted molar refractivity (Wildman–Crippen MR) is 81.9 cm³/mol. The predicted octanol–water partition coefficient (Wildman–Crippen LogP) is 1.68. The quantitative estimate of drug-likeness (QED) is 0.918. The van der Waals surface area contributed by atoms with Gasteiger partial charge in [-0.3, -0.25) is 9.89 Å². The largest absolute Gasteiger partial charge is 0.342 e. The molecule has 2 aliphatic heterocycles. The minimum atomic E-state index is 0.340. The van der Waals surface area contributed by atoms with Crippen LogP contribution in [0.2, 0.25) is 0 Å². The van der Waals surface area contributed by atoms with Crippen LogP contribution in [-0.4, -0.2) is 59.1 Å². The van der Waals surface area contributed by atoms with Crippen molar-refractivity contribution in [2.75, 3.05) is 33.2 Å². The second-order valence-electron chi connectivity index (χ2n) is 6.87. The molecule has 0 bridgehead atoms. The van der Waals surface area contributed by atoms with Crippen molar-refractivity contribution in [3.05, 3.63) is 18.0 Å². The van der Waals surface area contributed by atoms with Crippen LogP contribution < -0.4 is 0 Å². The number of carbonyl (C=O) groups excluding carboxylic acids is 1. The molecule has 0 aliphatic carbocycles. The van der Waals surface area contributed by atoms with Crippen LogP contribution >= 0.6 is 0 Å². The Balaban J connectivity index is 1.48. The highest BCUT2D eigenvalue weighted by molar-refractivity contribution is 5.76. The first kappa shape index (κ1) is 14.6. The molecule has 5 heteroatoms. The lowest BCUT2D eigenvalue weighted by molar-refractivity contribution is -0.134. The van der Waals surface area contributed by atoms with E-state index in [2.05, 4.69) is 27.0 Å². The summed E-state index contributed by atoms with van der Waals surface area (Å²) in [5, 5.41) is 6.76. The lowest BCUT2D eigenvalue weighted by Gasteiger charge is -2.40. The van der Waals surface area contributed by atoms with E-state index in [-0.39, 0.29) is 0 Å². The van der Waals surface area contributed by atoms with Crippen LogP contribution in [0.4, 0.5) is 0 Å². The maximum Gasteiger partial charge on any atom is 0.222 e. The van der Waals surface area contributed by atoms with Gasteiger partial charge in [0, 0.05) is 37.7 Å². The Bertz CT molecular complexity index is 469. The van der Waals surface area contributed by atoms with Gasteiger partial charge < -0.3 is 9.80 Å². The fourth-order valence-corrected chi connectivity index (χ4v) is 3.93. The average Bonchev–Trinajstić information content (AvgIpc) is 3.10. The van der Waals surface area contributed by atoms with E-state index in [1.165, 1.54) is 31.4 Å². The molecule has 116 valence electrons. The SMILES string of the molecule is CN1CC[C@]2(CCCN(C(=O)CCCc3cn[nH]c3)C2)C1. The van der Waals surface area contributed by atoms with E-state index in [0.717, 1.165) is 32.5 Å². The molecule has 1 atom stereocenters. The summed E-state index contributed by atoms with van der Waals surface area (Å²) in [6.45, 7) is 4.27. The molecular weight excluding hydrogens is 264 g/mol. The Morgan fingerprint density at radius 1 is 1.38 bits per heavy atom. The fourth-order valence-electron chi connectivity index (χ4n) is 3.93. The van der Waals surface area contributed by atoms with Gasteiger partial charge in [-0.2, -0.15) is 5.10 Å². The molecule has 5 nitrogen and oxygen atoms in total. The van der Waals surface area contributed by atoms with Gasteiger partial charge in [-0.1, -0.05) is 0 Å². The zero-order valence-corrected chi connectivity index (χ0v) is 13.0. The van der Waals surface area contributed by atoms with Gasteiger partial charge in [0.05, 0.1) is 6.20 Å². The van der Waals surface area contributed by atoms with Crippen molar-refractivity contribution in [2.45, 2.75) is 38.5 Å². The first-order valence-corrected chi connectivity index (χ1v) is 8.11. The molecule has 21 heavy (non-hydrogen) atoms. The number of aromatic amines is 1. The monoisotopic (exact) mass is 290 g/mol. The average molecular weight is 290 g/mol. The van der Waals surface area contributed by atoms with Gasteiger partial charge in [-0.15, -0.1) is 0 Å². The normalized spacial score (nSPS) is 26.6. The minimum Gasteiger partial charge on any atom is -0.342 e. The third-order valence-electron chi connectivity index (χ3n) is 5.05. The third kappa shape index (κ3) is 3.46. The number of rotatable bonds is 4. The molecule has 0 unspecified atom stereocenters. The van der Waals surface area contributed by atoms with E-state index in [4.69, 9.17) is 0 Å². The Labute approximate surface area is 126 Å². The molecule has 1 N–H and O–H groups in total. The number of hydrogen-bond acceptors (Lipinski definition) is 3. The second-order valence-corrected chi connectivity index (χ2v) is 6.87. The van der Waals surface area contributed by atoms with Crippen LogP contribution in [-0.2, 0) is 11.2 Å². The van der Waals surface area contributed by atoms with E-state index < -0.39 is 0 Å². The molecule has 1 aromatic rings. The highest BCUT2D eigenvalue weighted by Gasteiger charge is 2.41. The lowest BCUT2D eigenvalue weighted by Crippen LogP contribution is -2.47. The van der Waals surface area contributed by atoms with Gasteiger partial charge in [-0.05, 0) is 51.3 Å². The van der Waals surface area contributed by atoms with Crippen LogP contribution in [0.5, 0.6) is 0 Å². The summed E-state index contributed by atoms with van der Waals surface area (Å²) < 4.78 is 0. The number of amides is 1. The highest BCUT2D eigenvalue weighted by atomic mass is 16.2. The summed E-state index contributed by atoms with van der Waals surface area (Å²) in [5.41, 5.74) is 1.57. The number of aryl methyl sites for hydroxylation is 1. The van der Waals surface area contributed by atoms with Crippen LogP contribution in [0.15, 0.2) is 12.4 Å². The zero-order valence-electron chi connectivity index (χ0n) is 13.0. The molecule has 2 fully saturated rings. The van der Waals surface area contributed by atoms with Gasteiger partial charge in [0.2, 0.25) is 5.91 Å². The van der Waals surface area contributed by atoms with E-state index >= 15 is 0 Å². The van der Waals surface area contributed by atoms with Crippen molar-refractivity contribution in [2.24, 2.45) is 5.41 Å². The van der Waals surface area contributed by atoms with E-state index in [9.17, 15) is 4.79 Å². The number of nitrogens with one attached hydrogen (secondary N) is 1. The molecule has 1 spiro atoms. The molecular formula is C16H26N4O. The number of aromatic nitrogens is 2. The number of likely N-dealkylation sites (tertiary alicyclic amines) is 2. The number of carbonyl (C=O) groups is 1. The Kier molecular flexibility index (Phi) is 4.29. The van der Waals surface area contributed by atoms with Gasteiger partial charge in [0.15, 0.2) is 0 Å². The third-order valence-corrected chi connectivity index (χ3v) is 5.05. The molecule has 2 aliphatic rings. The number of hydrogen-bond donors (Lipinski definition) is 1. The summed E-state index contributed by atoms with van der Waals surface area (Å²) in [6, 6.07) is 0. The molecule has 3 heterocycles.